The highest BCUT2D eigenvalue weighted by atomic mass is 16.5. The molecular weight excluding hydrogens is 260 g/mol. The number of hydrogen-bond donors (Lipinski definition) is 2. The SMILES string of the molecule is CC(C)Oc1ccc(C(NN)C2Cc3ccccc32)cc1. The van der Waals surface area contributed by atoms with Crippen LogP contribution in [-0.4, -0.2) is 6.10 Å². The van der Waals surface area contributed by atoms with E-state index in [-0.39, 0.29) is 12.1 Å². The molecule has 110 valence electrons. The second-order valence-electron chi connectivity index (χ2n) is 5.89. The summed E-state index contributed by atoms with van der Waals surface area (Å²) in [6, 6.07) is 17.0. The van der Waals surface area contributed by atoms with Gasteiger partial charge in [0.25, 0.3) is 0 Å². The van der Waals surface area contributed by atoms with Crippen LogP contribution >= 0.6 is 0 Å². The summed E-state index contributed by atoms with van der Waals surface area (Å²) < 4.78 is 5.69. The van der Waals surface area contributed by atoms with Crippen molar-refractivity contribution in [3.05, 3.63) is 65.2 Å². The van der Waals surface area contributed by atoms with Crippen molar-refractivity contribution < 1.29 is 4.74 Å². The molecule has 2 aromatic carbocycles. The molecular formula is C18H22N2O. The van der Waals surface area contributed by atoms with E-state index in [0.717, 1.165) is 12.2 Å². The Kier molecular flexibility index (Phi) is 3.95. The van der Waals surface area contributed by atoms with Gasteiger partial charge in [0.1, 0.15) is 5.75 Å². The summed E-state index contributed by atoms with van der Waals surface area (Å²) in [7, 11) is 0. The Morgan fingerprint density at radius 3 is 2.43 bits per heavy atom. The van der Waals surface area contributed by atoms with Crippen LogP contribution < -0.4 is 16.0 Å². The molecule has 3 nitrogen and oxygen atoms in total. The van der Waals surface area contributed by atoms with Gasteiger partial charge in [0.05, 0.1) is 12.1 Å². The third-order valence-corrected chi connectivity index (χ3v) is 4.09. The fourth-order valence-corrected chi connectivity index (χ4v) is 3.07. The topological polar surface area (TPSA) is 47.3 Å². The molecule has 21 heavy (non-hydrogen) atoms. The maximum Gasteiger partial charge on any atom is 0.119 e. The van der Waals surface area contributed by atoms with E-state index in [1.165, 1.54) is 16.7 Å². The predicted molar refractivity (Wildman–Crippen MR) is 85.2 cm³/mol. The van der Waals surface area contributed by atoms with Crippen molar-refractivity contribution in [2.24, 2.45) is 5.84 Å². The first-order chi connectivity index (χ1) is 10.2. The Morgan fingerprint density at radius 1 is 1.10 bits per heavy atom. The van der Waals surface area contributed by atoms with Crippen LogP contribution in [0.3, 0.4) is 0 Å². The molecule has 3 heteroatoms. The summed E-state index contributed by atoms with van der Waals surface area (Å²) >= 11 is 0. The summed E-state index contributed by atoms with van der Waals surface area (Å²) in [5, 5.41) is 0. The van der Waals surface area contributed by atoms with E-state index in [2.05, 4.69) is 41.8 Å². The molecule has 1 aliphatic rings. The maximum absolute atomic E-state index is 5.81. The van der Waals surface area contributed by atoms with Crippen molar-refractivity contribution in [2.45, 2.75) is 38.3 Å². The van der Waals surface area contributed by atoms with Crippen LogP contribution in [0, 0.1) is 0 Å². The van der Waals surface area contributed by atoms with Crippen molar-refractivity contribution in [1.82, 2.24) is 5.43 Å². The average Bonchev–Trinajstić information content (AvgIpc) is 2.45. The van der Waals surface area contributed by atoms with Gasteiger partial charge in [-0.2, -0.15) is 0 Å². The minimum Gasteiger partial charge on any atom is -0.491 e. The number of rotatable bonds is 5. The quantitative estimate of drug-likeness (QED) is 0.653. The largest absolute Gasteiger partial charge is 0.491 e. The van der Waals surface area contributed by atoms with Gasteiger partial charge in [0.2, 0.25) is 0 Å². The zero-order valence-electron chi connectivity index (χ0n) is 12.5. The number of hydrazine groups is 1. The van der Waals surface area contributed by atoms with Gasteiger partial charge in [-0.15, -0.1) is 0 Å². The zero-order chi connectivity index (χ0) is 14.8. The Bertz CT molecular complexity index is 607. The number of hydrogen-bond acceptors (Lipinski definition) is 3. The molecule has 0 saturated heterocycles. The molecule has 3 rings (SSSR count). The summed E-state index contributed by atoms with van der Waals surface area (Å²) in [6.07, 6.45) is 1.27. The summed E-state index contributed by atoms with van der Waals surface area (Å²) in [6.45, 7) is 4.06. The Labute approximate surface area is 126 Å². The monoisotopic (exact) mass is 282 g/mol. The minimum atomic E-state index is 0.146. The van der Waals surface area contributed by atoms with Gasteiger partial charge in [0.15, 0.2) is 0 Å². The summed E-state index contributed by atoms with van der Waals surface area (Å²) in [5.74, 6) is 7.16. The van der Waals surface area contributed by atoms with Gasteiger partial charge in [-0.05, 0) is 49.1 Å². The number of fused-ring (bicyclic) bond motifs is 1. The van der Waals surface area contributed by atoms with E-state index in [4.69, 9.17) is 10.6 Å². The fraction of sp³-hybridized carbons (Fsp3) is 0.333. The first-order valence-corrected chi connectivity index (χ1v) is 7.49. The first-order valence-electron chi connectivity index (χ1n) is 7.49. The fourth-order valence-electron chi connectivity index (χ4n) is 3.07. The van der Waals surface area contributed by atoms with E-state index in [0.29, 0.717) is 5.92 Å². The number of benzene rings is 2. The maximum atomic E-state index is 5.81. The Balaban J connectivity index is 1.78. The van der Waals surface area contributed by atoms with E-state index in [1.54, 1.807) is 0 Å². The Hall–Kier alpha value is -1.84. The molecule has 0 aromatic heterocycles. The molecule has 0 heterocycles. The van der Waals surface area contributed by atoms with Crippen molar-refractivity contribution >= 4 is 0 Å². The van der Waals surface area contributed by atoms with Crippen LogP contribution in [0.2, 0.25) is 0 Å². The second-order valence-corrected chi connectivity index (χ2v) is 5.89. The highest BCUT2D eigenvalue weighted by Gasteiger charge is 2.32. The predicted octanol–water partition coefficient (Wildman–Crippen LogP) is 3.32. The average molecular weight is 282 g/mol. The van der Waals surface area contributed by atoms with Gasteiger partial charge in [-0.25, -0.2) is 0 Å². The van der Waals surface area contributed by atoms with Crippen LogP contribution in [0.25, 0.3) is 0 Å². The third-order valence-electron chi connectivity index (χ3n) is 4.09. The lowest BCUT2D eigenvalue weighted by atomic mass is 9.72. The molecule has 0 radical (unpaired) electrons. The Morgan fingerprint density at radius 2 is 1.81 bits per heavy atom. The molecule has 0 fully saturated rings. The lowest BCUT2D eigenvalue weighted by Crippen LogP contribution is -2.37. The van der Waals surface area contributed by atoms with Crippen molar-refractivity contribution in [3.63, 3.8) is 0 Å². The van der Waals surface area contributed by atoms with Crippen LogP contribution in [0.4, 0.5) is 0 Å². The van der Waals surface area contributed by atoms with Gasteiger partial charge in [-0.1, -0.05) is 36.4 Å². The molecule has 0 amide bonds. The van der Waals surface area contributed by atoms with Gasteiger partial charge in [0, 0.05) is 5.92 Å². The minimum absolute atomic E-state index is 0.146. The van der Waals surface area contributed by atoms with Crippen molar-refractivity contribution in [3.8, 4) is 5.75 Å². The molecule has 0 spiro atoms. The molecule has 3 N–H and O–H groups in total. The highest BCUT2D eigenvalue weighted by Crippen LogP contribution is 2.43. The van der Waals surface area contributed by atoms with Crippen LogP contribution in [0.1, 0.15) is 42.5 Å². The van der Waals surface area contributed by atoms with Crippen LogP contribution in [0.5, 0.6) is 5.75 Å². The second kappa shape index (κ2) is 5.88. The van der Waals surface area contributed by atoms with Crippen LogP contribution in [-0.2, 0) is 6.42 Å². The van der Waals surface area contributed by atoms with Gasteiger partial charge < -0.3 is 4.74 Å². The molecule has 0 saturated carbocycles. The summed E-state index contributed by atoms with van der Waals surface area (Å²) in [4.78, 5) is 0. The standard InChI is InChI=1S/C18H22N2O/c1-12(2)21-15-9-7-13(8-10-15)18(20-19)17-11-14-5-3-4-6-16(14)17/h3-10,12,17-18,20H,11,19H2,1-2H3. The first kappa shape index (κ1) is 14.1. The van der Waals surface area contributed by atoms with E-state index < -0.39 is 0 Å². The highest BCUT2D eigenvalue weighted by molar-refractivity contribution is 5.43. The van der Waals surface area contributed by atoms with Crippen LogP contribution in [0.15, 0.2) is 48.5 Å². The molecule has 0 aliphatic heterocycles. The van der Waals surface area contributed by atoms with E-state index in [9.17, 15) is 0 Å². The molecule has 2 atom stereocenters. The lowest BCUT2D eigenvalue weighted by Gasteiger charge is -2.36. The molecule has 1 aliphatic carbocycles. The van der Waals surface area contributed by atoms with Gasteiger partial charge in [-0.3, -0.25) is 11.3 Å². The summed E-state index contributed by atoms with van der Waals surface area (Å²) in [5.41, 5.74) is 7.02. The van der Waals surface area contributed by atoms with Gasteiger partial charge >= 0.3 is 0 Å². The van der Waals surface area contributed by atoms with Crippen molar-refractivity contribution in [1.29, 1.82) is 0 Å². The van der Waals surface area contributed by atoms with E-state index in [1.807, 2.05) is 26.0 Å². The number of nitrogens with one attached hydrogen (secondary N) is 1. The smallest absolute Gasteiger partial charge is 0.119 e. The third kappa shape index (κ3) is 2.80. The lowest BCUT2D eigenvalue weighted by molar-refractivity contribution is 0.242. The molecule has 0 bridgehead atoms. The number of ether oxygens (including phenoxy) is 1. The normalized spacial score (nSPS) is 18.0. The molecule has 2 aromatic rings. The van der Waals surface area contributed by atoms with Crippen molar-refractivity contribution in [2.75, 3.05) is 0 Å². The zero-order valence-corrected chi connectivity index (χ0v) is 12.5. The number of nitrogens with two attached hydrogens (primary N) is 1. The van der Waals surface area contributed by atoms with E-state index >= 15 is 0 Å². The molecule has 2 unspecified atom stereocenters.